The lowest BCUT2D eigenvalue weighted by Crippen LogP contribution is -2.36. The minimum absolute atomic E-state index is 0.0168. The number of carbonyl (C=O) groups is 1. The Bertz CT molecular complexity index is 393. The highest BCUT2D eigenvalue weighted by Gasteiger charge is 2.22. The fourth-order valence-corrected chi connectivity index (χ4v) is 1.41. The Morgan fingerprint density at radius 3 is 2.53 bits per heavy atom. The monoisotopic (exact) mass is 235 g/mol. The van der Waals surface area contributed by atoms with Crippen molar-refractivity contribution in [3.63, 3.8) is 0 Å². The number of amides is 1. The van der Waals surface area contributed by atoms with Gasteiger partial charge in [-0.25, -0.2) is 0 Å². The molecular formula is C14H21NO2. The van der Waals surface area contributed by atoms with Crippen LogP contribution < -0.4 is 10.1 Å². The third kappa shape index (κ3) is 3.77. The van der Waals surface area contributed by atoms with Crippen molar-refractivity contribution in [3.05, 3.63) is 29.8 Å². The van der Waals surface area contributed by atoms with E-state index in [-0.39, 0.29) is 17.4 Å². The van der Waals surface area contributed by atoms with Crippen LogP contribution in [0.3, 0.4) is 0 Å². The van der Waals surface area contributed by atoms with Crippen molar-refractivity contribution in [1.29, 1.82) is 0 Å². The van der Waals surface area contributed by atoms with Crippen molar-refractivity contribution < 1.29 is 9.53 Å². The summed E-state index contributed by atoms with van der Waals surface area (Å²) in [6.07, 6.45) is 0. The molecule has 0 radical (unpaired) electrons. The van der Waals surface area contributed by atoms with Crippen LogP contribution in [-0.2, 0) is 4.79 Å². The van der Waals surface area contributed by atoms with Crippen LogP contribution in [0.2, 0.25) is 0 Å². The number of ether oxygens (including phenoxy) is 1. The van der Waals surface area contributed by atoms with E-state index < -0.39 is 0 Å². The predicted octanol–water partition coefficient (Wildman–Crippen LogP) is 2.92. The summed E-state index contributed by atoms with van der Waals surface area (Å²) in [5.41, 5.74) is 0.676. The van der Waals surface area contributed by atoms with Crippen LogP contribution in [0, 0.1) is 5.41 Å². The number of hydrogen-bond donors (Lipinski definition) is 1. The quantitative estimate of drug-likeness (QED) is 0.874. The van der Waals surface area contributed by atoms with Gasteiger partial charge in [-0.1, -0.05) is 32.9 Å². The summed E-state index contributed by atoms with van der Waals surface area (Å²) in [5, 5.41) is 2.99. The highest BCUT2D eigenvalue weighted by molar-refractivity contribution is 5.81. The molecule has 1 N–H and O–H groups in total. The van der Waals surface area contributed by atoms with Crippen molar-refractivity contribution in [1.82, 2.24) is 5.32 Å². The standard InChI is InChI=1S/C14H21NO2/c1-10(15-13(16)14(2,3)4)11-7-6-8-12(9-11)17-5/h6-10H,1-5H3,(H,15,16)/t10-/m0/s1. The van der Waals surface area contributed by atoms with Crippen LogP contribution in [0.4, 0.5) is 0 Å². The minimum Gasteiger partial charge on any atom is -0.497 e. The summed E-state index contributed by atoms with van der Waals surface area (Å²) in [5.74, 6) is 0.854. The van der Waals surface area contributed by atoms with E-state index in [1.165, 1.54) is 0 Å². The second kappa shape index (κ2) is 5.21. The summed E-state index contributed by atoms with van der Waals surface area (Å²) in [7, 11) is 1.64. The highest BCUT2D eigenvalue weighted by Crippen LogP contribution is 2.21. The summed E-state index contributed by atoms with van der Waals surface area (Å²) < 4.78 is 5.16. The smallest absolute Gasteiger partial charge is 0.225 e. The number of methoxy groups -OCH3 is 1. The number of benzene rings is 1. The third-order valence-corrected chi connectivity index (χ3v) is 2.62. The molecule has 0 saturated heterocycles. The zero-order valence-corrected chi connectivity index (χ0v) is 11.2. The third-order valence-electron chi connectivity index (χ3n) is 2.62. The van der Waals surface area contributed by atoms with Crippen molar-refractivity contribution in [2.45, 2.75) is 33.7 Å². The Morgan fingerprint density at radius 1 is 1.35 bits per heavy atom. The fraction of sp³-hybridized carbons (Fsp3) is 0.500. The van der Waals surface area contributed by atoms with E-state index in [4.69, 9.17) is 4.74 Å². The van der Waals surface area contributed by atoms with E-state index >= 15 is 0 Å². The van der Waals surface area contributed by atoms with Gasteiger partial charge < -0.3 is 10.1 Å². The molecule has 1 amide bonds. The number of carbonyl (C=O) groups excluding carboxylic acids is 1. The van der Waals surface area contributed by atoms with Gasteiger partial charge >= 0.3 is 0 Å². The highest BCUT2D eigenvalue weighted by atomic mass is 16.5. The zero-order valence-electron chi connectivity index (χ0n) is 11.2. The van der Waals surface area contributed by atoms with Gasteiger partial charge in [-0.2, -0.15) is 0 Å². The molecular weight excluding hydrogens is 214 g/mol. The molecule has 0 aliphatic heterocycles. The van der Waals surface area contributed by atoms with Crippen LogP contribution in [0.25, 0.3) is 0 Å². The molecule has 0 bridgehead atoms. The average Bonchev–Trinajstić information content (AvgIpc) is 2.27. The first-order chi connectivity index (χ1) is 7.84. The Balaban J connectivity index is 2.76. The van der Waals surface area contributed by atoms with Gasteiger partial charge in [0.05, 0.1) is 13.2 Å². The zero-order chi connectivity index (χ0) is 13.1. The Hall–Kier alpha value is -1.51. The normalized spacial score (nSPS) is 13.0. The van der Waals surface area contributed by atoms with Crippen LogP contribution in [0.1, 0.15) is 39.3 Å². The molecule has 94 valence electrons. The van der Waals surface area contributed by atoms with E-state index in [2.05, 4.69) is 5.32 Å². The second-order valence-corrected chi connectivity index (χ2v) is 5.22. The van der Waals surface area contributed by atoms with Crippen molar-refractivity contribution >= 4 is 5.91 Å². The van der Waals surface area contributed by atoms with E-state index in [1.54, 1.807) is 7.11 Å². The minimum atomic E-state index is -0.368. The maximum atomic E-state index is 11.9. The first-order valence-corrected chi connectivity index (χ1v) is 5.79. The molecule has 0 aliphatic carbocycles. The van der Waals surface area contributed by atoms with Gasteiger partial charge in [-0.3, -0.25) is 4.79 Å². The molecule has 0 unspecified atom stereocenters. The lowest BCUT2D eigenvalue weighted by molar-refractivity contribution is -0.129. The van der Waals surface area contributed by atoms with Crippen LogP contribution >= 0.6 is 0 Å². The summed E-state index contributed by atoms with van der Waals surface area (Å²) in [4.78, 5) is 11.9. The molecule has 0 aliphatic rings. The molecule has 3 nitrogen and oxygen atoms in total. The Labute approximate surface area is 103 Å². The first-order valence-electron chi connectivity index (χ1n) is 5.79. The molecule has 1 aromatic carbocycles. The molecule has 0 aromatic heterocycles. The van der Waals surface area contributed by atoms with Crippen molar-refractivity contribution in [2.75, 3.05) is 7.11 Å². The number of rotatable bonds is 3. The van der Waals surface area contributed by atoms with Gasteiger partial charge in [0.1, 0.15) is 5.75 Å². The van der Waals surface area contributed by atoms with E-state index in [0.29, 0.717) is 0 Å². The Kier molecular flexibility index (Phi) is 4.16. The molecule has 17 heavy (non-hydrogen) atoms. The van der Waals surface area contributed by atoms with E-state index in [9.17, 15) is 4.79 Å². The maximum absolute atomic E-state index is 11.9. The van der Waals surface area contributed by atoms with E-state index in [0.717, 1.165) is 11.3 Å². The largest absolute Gasteiger partial charge is 0.497 e. The van der Waals surface area contributed by atoms with E-state index in [1.807, 2.05) is 52.0 Å². The van der Waals surface area contributed by atoms with Gasteiger partial charge in [0.2, 0.25) is 5.91 Å². The molecule has 1 aromatic rings. The van der Waals surface area contributed by atoms with Gasteiger partial charge in [-0.05, 0) is 24.6 Å². The lowest BCUT2D eigenvalue weighted by Gasteiger charge is -2.22. The van der Waals surface area contributed by atoms with Gasteiger partial charge in [0.15, 0.2) is 0 Å². The molecule has 0 heterocycles. The van der Waals surface area contributed by atoms with Gasteiger partial charge in [0.25, 0.3) is 0 Å². The summed E-state index contributed by atoms with van der Waals surface area (Å²) in [6, 6.07) is 7.72. The predicted molar refractivity (Wildman–Crippen MR) is 69.0 cm³/mol. The Morgan fingerprint density at radius 2 is 2.00 bits per heavy atom. The molecule has 1 rings (SSSR count). The lowest BCUT2D eigenvalue weighted by atomic mass is 9.94. The number of nitrogens with one attached hydrogen (secondary N) is 1. The molecule has 1 atom stereocenters. The molecule has 0 saturated carbocycles. The van der Waals surface area contributed by atoms with Crippen LogP contribution in [0.15, 0.2) is 24.3 Å². The van der Waals surface area contributed by atoms with Crippen LogP contribution in [-0.4, -0.2) is 13.0 Å². The van der Waals surface area contributed by atoms with Crippen molar-refractivity contribution in [3.8, 4) is 5.75 Å². The fourth-order valence-electron chi connectivity index (χ4n) is 1.41. The first kappa shape index (κ1) is 13.6. The molecule has 0 spiro atoms. The molecule has 3 heteroatoms. The SMILES string of the molecule is COc1cccc([C@H](C)NC(=O)C(C)(C)C)c1. The molecule has 0 fully saturated rings. The van der Waals surface area contributed by atoms with Crippen molar-refractivity contribution in [2.24, 2.45) is 5.41 Å². The van der Waals surface area contributed by atoms with Gasteiger partial charge in [0, 0.05) is 5.41 Å². The summed E-state index contributed by atoms with van der Waals surface area (Å²) >= 11 is 0. The maximum Gasteiger partial charge on any atom is 0.225 e. The van der Waals surface area contributed by atoms with Gasteiger partial charge in [-0.15, -0.1) is 0 Å². The second-order valence-electron chi connectivity index (χ2n) is 5.22. The topological polar surface area (TPSA) is 38.3 Å². The van der Waals surface area contributed by atoms with Crippen LogP contribution in [0.5, 0.6) is 5.75 Å². The summed E-state index contributed by atoms with van der Waals surface area (Å²) in [6.45, 7) is 7.68. The average molecular weight is 235 g/mol. The number of hydrogen-bond acceptors (Lipinski definition) is 2.